The van der Waals surface area contributed by atoms with E-state index in [1.807, 2.05) is 6.92 Å². The maximum absolute atomic E-state index is 12.4. The molecule has 0 atom stereocenters. The summed E-state index contributed by atoms with van der Waals surface area (Å²) < 4.78 is 37.2. The van der Waals surface area contributed by atoms with Crippen LogP contribution < -0.4 is 5.73 Å². The lowest BCUT2D eigenvalue weighted by Gasteiger charge is -2.20. The van der Waals surface area contributed by atoms with Gasteiger partial charge in [-0.3, -0.25) is 4.90 Å². The van der Waals surface area contributed by atoms with E-state index in [4.69, 9.17) is 5.73 Å². The smallest absolute Gasteiger partial charge is 0.330 e. The number of benzene rings is 1. The Bertz CT molecular complexity index is 346. The predicted molar refractivity (Wildman–Crippen MR) is 66.1 cm³/mol. The van der Waals surface area contributed by atoms with Crippen LogP contribution in [0.1, 0.15) is 24.5 Å². The van der Waals surface area contributed by atoms with Crippen LogP contribution in [-0.2, 0) is 12.7 Å². The summed E-state index contributed by atoms with van der Waals surface area (Å²) in [5, 5.41) is 0. The highest BCUT2D eigenvalue weighted by molar-refractivity contribution is 5.24. The fourth-order valence-electron chi connectivity index (χ4n) is 1.72. The Morgan fingerprint density at radius 3 is 2.22 bits per heavy atom. The summed E-state index contributed by atoms with van der Waals surface area (Å²) in [6.07, 6.45) is -3.36. The van der Waals surface area contributed by atoms with Crippen molar-refractivity contribution in [1.29, 1.82) is 0 Å². The molecule has 0 radical (unpaired) electrons. The zero-order chi connectivity index (χ0) is 13.6. The molecule has 18 heavy (non-hydrogen) atoms. The molecule has 2 N–H and O–H groups in total. The van der Waals surface area contributed by atoms with Crippen molar-refractivity contribution in [3.8, 4) is 0 Å². The van der Waals surface area contributed by atoms with Crippen LogP contribution in [-0.4, -0.2) is 24.5 Å². The van der Waals surface area contributed by atoms with Gasteiger partial charge in [0, 0.05) is 6.54 Å². The highest BCUT2D eigenvalue weighted by Crippen LogP contribution is 2.29. The molecule has 0 aliphatic heterocycles. The molecule has 2 nitrogen and oxygen atoms in total. The third-order valence-corrected chi connectivity index (χ3v) is 2.81. The van der Waals surface area contributed by atoms with Gasteiger partial charge in [0.2, 0.25) is 0 Å². The minimum absolute atomic E-state index is 0.601. The molecule has 0 saturated heterocycles. The molecule has 0 unspecified atom stereocenters. The molecule has 0 aliphatic rings. The van der Waals surface area contributed by atoms with Crippen LogP contribution in [0.4, 0.5) is 13.2 Å². The van der Waals surface area contributed by atoms with Crippen LogP contribution in [0.2, 0.25) is 0 Å². The molecule has 0 aromatic heterocycles. The van der Waals surface area contributed by atoms with E-state index in [2.05, 4.69) is 4.90 Å². The first kappa shape index (κ1) is 15.0. The average Bonchev–Trinajstić information content (AvgIpc) is 2.34. The molecule has 5 heteroatoms. The van der Waals surface area contributed by atoms with Crippen molar-refractivity contribution in [2.24, 2.45) is 5.73 Å². The number of hydrogen-bond acceptors (Lipinski definition) is 2. The standard InChI is InChI=1S/C13H19F3N2/c1-2-18(9-3-8-17)10-11-4-6-12(7-5-11)13(14,15)16/h4-7H,2-3,8-10,17H2,1H3. The van der Waals surface area contributed by atoms with Crippen molar-refractivity contribution >= 4 is 0 Å². The molecule has 0 bridgehead atoms. The minimum Gasteiger partial charge on any atom is -0.330 e. The predicted octanol–water partition coefficient (Wildman–Crippen LogP) is 2.88. The average molecular weight is 260 g/mol. The Hall–Kier alpha value is -1.07. The number of alkyl halides is 3. The van der Waals surface area contributed by atoms with Gasteiger partial charge < -0.3 is 5.73 Å². The van der Waals surface area contributed by atoms with E-state index < -0.39 is 11.7 Å². The van der Waals surface area contributed by atoms with Gasteiger partial charge in [0.05, 0.1) is 5.56 Å². The van der Waals surface area contributed by atoms with Gasteiger partial charge in [0.1, 0.15) is 0 Å². The van der Waals surface area contributed by atoms with Gasteiger partial charge in [-0.25, -0.2) is 0 Å². The summed E-state index contributed by atoms with van der Waals surface area (Å²) in [6.45, 7) is 5.05. The normalized spacial score (nSPS) is 12.1. The van der Waals surface area contributed by atoms with Crippen LogP contribution in [0.15, 0.2) is 24.3 Å². The van der Waals surface area contributed by atoms with Crippen LogP contribution in [0, 0.1) is 0 Å². The van der Waals surface area contributed by atoms with Crippen molar-refractivity contribution in [3.05, 3.63) is 35.4 Å². The van der Waals surface area contributed by atoms with Crippen molar-refractivity contribution < 1.29 is 13.2 Å². The van der Waals surface area contributed by atoms with Crippen molar-refractivity contribution in [1.82, 2.24) is 4.90 Å². The molecule has 102 valence electrons. The molecule has 1 rings (SSSR count). The van der Waals surface area contributed by atoms with E-state index in [-0.39, 0.29) is 0 Å². The van der Waals surface area contributed by atoms with Gasteiger partial charge in [-0.15, -0.1) is 0 Å². The molecule has 0 heterocycles. The molecule has 1 aromatic carbocycles. The fraction of sp³-hybridized carbons (Fsp3) is 0.538. The Morgan fingerprint density at radius 2 is 1.78 bits per heavy atom. The lowest BCUT2D eigenvalue weighted by Crippen LogP contribution is -2.25. The lowest BCUT2D eigenvalue weighted by molar-refractivity contribution is -0.137. The van der Waals surface area contributed by atoms with E-state index in [0.717, 1.165) is 37.2 Å². The molecule has 1 aromatic rings. The van der Waals surface area contributed by atoms with Crippen molar-refractivity contribution in [2.45, 2.75) is 26.1 Å². The van der Waals surface area contributed by atoms with E-state index in [1.165, 1.54) is 12.1 Å². The van der Waals surface area contributed by atoms with Crippen LogP contribution in [0.25, 0.3) is 0 Å². The van der Waals surface area contributed by atoms with E-state index in [9.17, 15) is 13.2 Å². The number of rotatable bonds is 6. The summed E-state index contributed by atoms with van der Waals surface area (Å²) in [5.74, 6) is 0. The summed E-state index contributed by atoms with van der Waals surface area (Å²) in [6, 6.07) is 5.33. The third-order valence-electron chi connectivity index (χ3n) is 2.81. The molecular formula is C13H19F3N2. The minimum atomic E-state index is -4.26. The Kier molecular flexibility index (Phi) is 5.62. The first-order chi connectivity index (χ1) is 8.47. The Balaban J connectivity index is 2.62. The molecular weight excluding hydrogens is 241 g/mol. The summed E-state index contributed by atoms with van der Waals surface area (Å²) in [5.41, 5.74) is 5.73. The van der Waals surface area contributed by atoms with Crippen molar-refractivity contribution in [3.63, 3.8) is 0 Å². The van der Waals surface area contributed by atoms with Gasteiger partial charge in [-0.05, 0) is 43.8 Å². The van der Waals surface area contributed by atoms with Gasteiger partial charge in [0.25, 0.3) is 0 Å². The van der Waals surface area contributed by atoms with E-state index in [1.54, 1.807) is 0 Å². The number of halogens is 3. The SMILES string of the molecule is CCN(CCCN)Cc1ccc(C(F)(F)F)cc1. The zero-order valence-corrected chi connectivity index (χ0v) is 10.5. The first-order valence-electron chi connectivity index (χ1n) is 6.06. The second-order valence-corrected chi connectivity index (χ2v) is 4.21. The monoisotopic (exact) mass is 260 g/mol. The number of nitrogens with two attached hydrogens (primary N) is 1. The van der Waals surface area contributed by atoms with Gasteiger partial charge >= 0.3 is 6.18 Å². The summed E-state index contributed by atoms with van der Waals surface area (Å²) in [4.78, 5) is 2.16. The molecule has 0 aliphatic carbocycles. The van der Waals surface area contributed by atoms with E-state index >= 15 is 0 Å². The molecule has 0 amide bonds. The highest BCUT2D eigenvalue weighted by Gasteiger charge is 2.29. The summed E-state index contributed by atoms with van der Waals surface area (Å²) >= 11 is 0. The van der Waals surface area contributed by atoms with Gasteiger partial charge in [-0.2, -0.15) is 13.2 Å². The Morgan fingerprint density at radius 1 is 1.17 bits per heavy atom. The number of nitrogens with zero attached hydrogens (tertiary/aromatic N) is 1. The van der Waals surface area contributed by atoms with Gasteiger partial charge in [-0.1, -0.05) is 19.1 Å². The fourth-order valence-corrected chi connectivity index (χ4v) is 1.72. The lowest BCUT2D eigenvalue weighted by atomic mass is 10.1. The number of hydrogen-bond donors (Lipinski definition) is 1. The topological polar surface area (TPSA) is 29.3 Å². The maximum Gasteiger partial charge on any atom is 0.416 e. The third kappa shape index (κ3) is 4.66. The van der Waals surface area contributed by atoms with Crippen LogP contribution >= 0.6 is 0 Å². The maximum atomic E-state index is 12.4. The second-order valence-electron chi connectivity index (χ2n) is 4.21. The summed E-state index contributed by atoms with van der Waals surface area (Å²) in [7, 11) is 0. The molecule has 0 spiro atoms. The first-order valence-corrected chi connectivity index (χ1v) is 6.06. The van der Waals surface area contributed by atoms with Crippen LogP contribution in [0.3, 0.4) is 0 Å². The quantitative estimate of drug-likeness (QED) is 0.852. The highest BCUT2D eigenvalue weighted by atomic mass is 19.4. The largest absolute Gasteiger partial charge is 0.416 e. The van der Waals surface area contributed by atoms with Gasteiger partial charge in [0.15, 0.2) is 0 Å². The van der Waals surface area contributed by atoms with E-state index in [0.29, 0.717) is 13.1 Å². The second kappa shape index (κ2) is 6.75. The molecule has 0 saturated carbocycles. The zero-order valence-electron chi connectivity index (χ0n) is 10.5. The van der Waals surface area contributed by atoms with Crippen LogP contribution in [0.5, 0.6) is 0 Å². The Labute approximate surface area is 106 Å². The van der Waals surface area contributed by atoms with Crippen molar-refractivity contribution in [2.75, 3.05) is 19.6 Å². The molecule has 0 fully saturated rings.